The lowest BCUT2D eigenvalue weighted by Gasteiger charge is -2.15. The summed E-state index contributed by atoms with van der Waals surface area (Å²) >= 11 is 1.71. The van der Waals surface area contributed by atoms with E-state index in [9.17, 15) is 4.79 Å². The molecule has 3 nitrogen and oxygen atoms in total. The molecule has 0 saturated heterocycles. The predicted molar refractivity (Wildman–Crippen MR) is 78.7 cm³/mol. The zero-order chi connectivity index (χ0) is 13.7. The molecule has 0 amide bonds. The Morgan fingerprint density at radius 1 is 1.42 bits per heavy atom. The molecule has 1 N–H and O–H groups in total. The fraction of sp³-hybridized carbons (Fsp3) is 0.533. The van der Waals surface area contributed by atoms with Gasteiger partial charge in [0.1, 0.15) is 6.04 Å². The smallest absolute Gasteiger partial charge is 0.323 e. The van der Waals surface area contributed by atoms with E-state index in [1.165, 1.54) is 42.4 Å². The highest BCUT2D eigenvalue weighted by Gasteiger charge is 2.18. The Labute approximate surface area is 119 Å². The van der Waals surface area contributed by atoms with Crippen molar-refractivity contribution in [1.29, 1.82) is 0 Å². The van der Waals surface area contributed by atoms with Gasteiger partial charge in [0.25, 0.3) is 0 Å². The van der Waals surface area contributed by atoms with Gasteiger partial charge >= 0.3 is 5.97 Å². The molecule has 1 aromatic carbocycles. The molecule has 19 heavy (non-hydrogen) atoms. The van der Waals surface area contributed by atoms with E-state index >= 15 is 0 Å². The van der Waals surface area contributed by atoms with Crippen molar-refractivity contribution in [2.45, 2.75) is 37.1 Å². The molecule has 1 aromatic rings. The van der Waals surface area contributed by atoms with E-state index in [4.69, 9.17) is 4.74 Å². The third-order valence-corrected chi connectivity index (χ3v) is 4.51. The zero-order valence-electron chi connectivity index (χ0n) is 11.6. The van der Waals surface area contributed by atoms with Crippen molar-refractivity contribution < 1.29 is 9.53 Å². The van der Waals surface area contributed by atoms with Crippen LogP contribution in [0, 0.1) is 0 Å². The number of rotatable bonds is 6. The maximum absolute atomic E-state index is 11.6. The summed E-state index contributed by atoms with van der Waals surface area (Å²) in [6.07, 6.45) is 3.67. The fourth-order valence-corrected chi connectivity index (χ4v) is 3.42. The number of likely N-dealkylation sites (N-methyl/N-ethyl adjacent to an activating group) is 1. The van der Waals surface area contributed by atoms with Crippen molar-refractivity contribution in [2.24, 2.45) is 0 Å². The van der Waals surface area contributed by atoms with Gasteiger partial charge in [0, 0.05) is 10.6 Å². The van der Waals surface area contributed by atoms with E-state index in [2.05, 4.69) is 23.5 Å². The molecular formula is C15H21NO2S. The second-order valence-corrected chi connectivity index (χ2v) is 5.82. The van der Waals surface area contributed by atoms with Crippen LogP contribution in [0.2, 0.25) is 0 Å². The standard InChI is InChI=1S/C15H21NO2S/c1-3-16-14(15(17)18-2)10-19-13-8-7-11-5-4-6-12(11)9-13/h7-9,14,16H,3-6,10H2,1-2H3. The monoisotopic (exact) mass is 279 g/mol. The lowest BCUT2D eigenvalue weighted by Crippen LogP contribution is -2.39. The molecule has 1 aliphatic rings. The Kier molecular flexibility index (Phi) is 5.28. The lowest BCUT2D eigenvalue weighted by molar-refractivity contribution is -0.142. The van der Waals surface area contributed by atoms with Crippen molar-refractivity contribution in [3.05, 3.63) is 29.3 Å². The molecule has 0 aromatic heterocycles. The number of esters is 1. The summed E-state index contributed by atoms with van der Waals surface area (Å²) in [6.45, 7) is 2.76. The number of carbonyl (C=O) groups excluding carboxylic acids is 1. The van der Waals surface area contributed by atoms with Crippen molar-refractivity contribution >= 4 is 17.7 Å². The topological polar surface area (TPSA) is 38.3 Å². The number of methoxy groups -OCH3 is 1. The second kappa shape index (κ2) is 6.96. The first-order valence-electron chi connectivity index (χ1n) is 6.80. The SMILES string of the molecule is CCNC(CSc1ccc2c(c1)CCC2)C(=O)OC. The molecule has 0 aliphatic heterocycles. The van der Waals surface area contributed by atoms with Crippen LogP contribution in [-0.4, -0.2) is 31.4 Å². The van der Waals surface area contributed by atoms with Crippen LogP contribution >= 0.6 is 11.8 Å². The van der Waals surface area contributed by atoms with Gasteiger partial charge in [0.2, 0.25) is 0 Å². The van der Waals surface area contributed by atoms with Gasteiger partial charge < -0.3 is 10.1 Å². The van der Waals surface area contributed by atoms with Crippen molar-refractivity contribution in [3.63, 3.8) is 0 Å². The van der Waals surface area contributed by atoms with Crippen LogP contribution in [0.5, 0.6) is 0 Å². The Morgan fingerprint density at radius 3 is 2.95 bits per heavy atom. The predicted octanol–water partition coefficient (Wildman–Crippen LogP) is 2.42. The highest BCUT2D eigenvalue weighted by Crippen LogP contribution is 2.27. The Hall–Kier alpha value is -1.00. The molecule has 1 aliphatic carbocycles. The zero-order valence-corrected chi connectivity index (χ0v) is 12.4. The van der Waals surface area contributed by atoms with Crippen LogP contribution in [-0.2, 0) is 22.4 Å². The van der Waals surface area contributed by atoms with E-state index in [1.54, 1.807) is 11.8 Å². The lowest BCUT2D eigenvalue weighted by atomic mass is 10.1. The Bertz CT molecular complexity index is 448. The second-order valence-electron chi connectivity index (χ2n) is 4.73. The minimum Gasteiger partial charge on any atom is -0.468 e. The van der Waals surface area contributed by atoms with Gasteiger partial charge in [-0.2, -0.15) is 0 Å². The molecule has 0 radical (unpaired) electrons. The number of ether oxygens (including phenoxy) is 1. The van der Waals surface area contributed by atoms with Crippen molar-refractivity contribution in [1.82, 2.24) is 5.32 Å². The van der Waals surface area contributed by atoms with Crippen LogP contribution < -0.4 is 5.32 Å². The van der Waals surface area contributed by atoms with Crippen LogP contribution in [0.3, 0.4) is 0 Å². The first kappa shape index (κ1) is 14.4. The third kappa shape index (κ3) is 3.74. The summed E-state index contributed by atoms with van der Waals surface area (Å²) in [5, 5.41) is 3.16. The van der Waals surface area contributed by atoms with Crippen LogP contribution in [0.25, 0.3) is 0 Å². The molecule has 2 rings (SSSR count). The highest BCUT2D eigenvalue weighted by molar-refractivity contribution is 7.99. The molecule has 0 saturated carbocycles. The van der Waals surface area contributed by atoms with Crippen LogP contribution in [0.1, 0.15) is 24.5 Å². The molecule has 104 valence electrons. The molecular weight excluding hydrogens is 258 g/mol. The number of aryl methyl sites for hydroxylation is 2. The number of fused-ring (bicyclic) bond motifs is 1. The van der Waals surface area contributed by atoms with Gasteiger partial charge in [0.15, 0.2) is 0 Å². The number of benzene rings is 1. The Morgan fingerprint density at radius 2 is 2.21 bits per heavy atom. The van der Waals surface area contributed by atoms with Gasteiger partial charge in [-0.1, -0.05) is 13.0 Å². The number of thioether (sulfide) groups is 1. The Balaban J connectivity index is 1.95. The van der Waals surface area contributed by atoms with E-state index in [0.29, 0.717) is 5.75 Å². The van der Waals surface area contributed by atoms with E-state index in [-0.39, 0.29) is 12.0 Å². The minimum atomic E-state index is -0.228. The summed E-state index contributed by atoms with van der Waals surface area (Å²) in [4.78, 5) is 12.9. The average Bonchev–Trinajstić information content (AvgIpc) is 2.90. The number of hydrogen-bond acceptors (Lipinski definition) is 4. The molecule has 1 unspecified atom stereocenters. The van der Waals surface area contributed by atoms with Gasteiger partial charge in [-0.05, 0) is 49.1 Å². The van der Waals surface area contributed by atoms with Crippen LogP contribution in [0.15, 0.2) is 23.1 Å². The molecule has 0 heterocycles. The first-order valence-corrected chi connectivity index (χ1v) is 7.79. The third-order valence-electron chi connectivity index (χ3n) is 3.42. The molecule has 0 bridgehead atoms. The van der Waals surface area contributed by atoms with E-state index < -0.39 is 0 Å². The number of carbonyl (C=O) groups is 1. The summed E-state index contributed by atoms with van der Waals surface area (Å²) in [7, 11) is 1.44. The maximum Gasteiger partial charge on any atom is 0.323 e. The number of hydrogen-bond donors (Lipinski definition) is 1. The van der Waals surface area contributed by atoms with Crippen LogP contribution in [0.4, 0.5) is 0 Å². The van der Waals surface area contributed by atoms with Gasteiger partial charge in [-0.25, -0.2) is 0 Å². The average molecular weight is 279 g/mol. The van der Waals surface area contributed by atoms with Crippen molar-refractivity contribution in [2.75, 3.05) is 19.4 Å². The summed E-state index contributed by atoms with van der Waals surface area (Å²) < 4.78 is 4.81. The summed E-state index contributed by atoms with van der Waals surface area (Å²) in [5.41, 5.74) is 2.96. The highest BCUT2D eigenvalue weighted by atomic mass is 32.2. The number of nitrogens with one attached hydrogen (secondary N) is 1. The normalized spacial score (nSPS) is 15.1. The molecule has 0 fully saturated rings. The fourth-order valence-electron chi connectivity index (χ4n) is 2.42. The minimum absolute atomic E-state index is 0.185. The van der Waals surface area contributed by atoms with Gasteiger partial charge in [0.05, 0.1) is 7.11 Å². The molecule has 1 atom stereocenters. The molecule has 0 spiro atoms. The van der Waals surface area contributed by atoms with E-state index in [0.717, 1.165) is 6.54 Å². The maximum atomic E-state index is 11.6. The largest absolute Gasteiger partial charge is 0.468 e. The summed E-state index contributed by atoms with van der Waals surface area (Å²) in [5.74, 6) is 0.523. The van der Waals surface area contributed by atoms with Crippen molar-refractivity contribution in [3.8, 4) is 0 Å². The quantitative estimate of drug-likeness (QED) is 0.641. The van der Waals surface area contributed by atoms with Gasteiger partial charge in [-0.15, -0.1) is 11.8 Å². The summed E-state index contributed by atoms with van der Waals surface area (Å²) in [6, 6.07) is 6.43. The van der Waals surface area contributed by atoms with E-state index in [1.807, 2.05) is 6.92 Å². The molecule has 4 heteroatoms. The van der Waals surface area contributed by atoms with Gasteiger partial charge in [-0.3, -0.25) is 4.79 Å². The first-order chi connectivity index (χ1) is 9.24.